The zero-order chi connectivity index (χ0) is 35.6. The quantitative estimate of drug-likeness (QED) is 0.174. The van der Waals surface area contributed by atoms with Gasteiger partial charge < -0.3 is 18.3 Å². The number of benzene rings is 8. The molecule has 11 aromatic rings. The van der Waals surface area contributed by atoms with Crippen LogP contribution < -0.4 is 4.90 Å². The van der Waals surface area contributed by atoms with E-state index in [9.17, 15) is 0 Å². The lowest BCUT2D eigenvalue weighted by atomic mass is 10.0. The number of fused-ring (bicyclic) bond motifs is 8. The molecule has 0 aliphatic carbocycles. The van der Waals surface area contributed by atoms with E-state index in [0.717, 1.165) is 77.8 Å². The van der Waals surface area contributed by atoms with Crippen molar-refractivity contribution in [2.24, 2.45) is 0 Å². The van der Waals surface area contributed by atoms with E-state index < -0.39 is 0 Å². The molecular formula is C49H31N3O2. The lowest BCUT2D eigenvalue weighted by Crippen LogP contribution is -2.10. The van der Waals surface area contributed by atoms with Crippen molar-refractivity contribution in [2.75, 3.05) is 4.90 Å². The zero-order valence-electron chi connectivity index (χ0n) is 29.1. The maximum Gasteiger partial charge on any atom is 0.227 e. The predicted octanol–water partition coefficient (Wildman–Crippen LogP) is 13.6. The fraction of sp³-hybridized carbons (Fsp3) is 0. The average Bonchev–Trinajstić information content (AvgIpc) is 3.94. The maximum atomic E-state index is 6.82. The smallest absolute Gasteiger partial charge is 0.227 e. The molecule has 11 rings (SSSR count). The Hall–Kier alpha value is -7.37. The van der Waals surface area contributed by atoms with Crippen molar-refractivity contribution < 1.29 is 8.83 Å². The van der Waals surface area contributed by atoms with Crippen molar-refractivity contribution in [3.63, 3.8) is 0 Å². The Bertz CT molecular complexity index is 3140. The van der Waals surface area contributed by atoms with Crippen molar-refractivity contribution in [2.45, 2.75) is 0 Å². The maximum absolute atomic E-state index is 6.82. The van der Waals surface area contributed by atoms with Gasteiger partial charge in [0.2, 0.25) is 5.89 Å². The van der Waals surface area contributed by atoms with Crippen molar-refractivity contribution in [3.8, 4) is 28.3 Å². The minimum atomic E-state index is 0.572. The molecule has 3 aromatic heterocycles. The van der Waals surface area contributed by atoms with E-state index in [4.69, 9.17) is 13.8 Å². The topological polar surface area (TPSA) is 47.3 Å². The van der Waals surface area contributed by atoms with E-state index >= 15 is 0 Å². The lowest BCUT2D eigenvalue weighted by molar-refractivity contribution is 0.619. The molecule has 0 saturated carbocycles. The number of oxazole rings is 1. The van der Waals surface area contributed by atoms with Crippen LogP contribution in [0.2, 0.25) is 0 Å². The molecule has 8 aromatic carbocycles. The molecule has 0 atom stereocenters. The molecule has 0 N–H and O–H groups in total. The number of anilines is 3. The van der Waals surface area contributed by atoms with E-state index in [-0.39, 0.29) is 0 Å². The van der Waals surface area contributed by atoms with Gasteiger partial charge in [-0.05, 0) is 77.9 Å². The summed E-state index contributed by atoms with van der Waals surface area (Å²) in [4.78, 5) is 7.37. The number of furan rings is 1. The highest BCUT2D eigenvalue weighted by Crippen LogP contribution is 2.47. The van der Waals surface area contributed by atoms with Gasteiger partial charge in [0.25, 0.3) is 0 Å². The summed E-state index contributed by atoms with van der Waals surface area (Å²) >= 11 is 0. The second-order valence-electron chi connectivity index (χ2n) is 13.6. The van der Waals surface area contributed by atoms with Gasteiger partial charge in [-0.3, -0.25) is 0 Å². The monoisotopic (exact) mass is 693 g/mol. The Labute approximate surface area is 310 Å². The molecule has 5 heteroatoms. The molecule has 0 spiro atoms. The zero-order valence-corrected chi connectivity index (χ0v) is 29.1. The summed E-state index contributed by atoms with van der Waals surface area (Å²) in [6.45, 7) is 0. The predicted molar refractivity (Wildman–Crippen MR) is 221 cm³/mol. The van der Waals surface area contributed by atoms with Crippen LogP contribution in [-0.2, 0) is 0 Å². The van der Waals surface area contributed by atoms with Crippen LogP contribution in [0, 0.1) is 0 Å². The lowest BCUT2D eigenvalue weighted by Gasteiger charge is -2.26. The van der Waals surface area contributed by atoms with E-state index in [0.29, 0.717) is 11.5 Å². The molecule has 0 unspecified atom stereocenters. The number of aromatic nitrogens is 2. The molecule has 0 radical (unpaired) electrons. The van der Waals surface area contributed by atoms with Gasteiger partial charge in [0.1, 0.15) is 11.1 Å². The minimum absolute atomic E-state index is 0.572. The van der Waals surface area contributed by atoms with Crippen LogP contribution in [0.15, 0.2) is 197 Å². The average molecular weight is 694 g/mol. The molecular weight excluding hydrogens is 663 g/mol. The molecule has 0 bridgehead atoms. The fourth-order valence-corrected chi connectivity index (χ4v) is 7.95. The van der Waals surface area contributed by atoms with Crippen molar-refractivity contribution in [1.82, 2.24) is 9.55 Å². The third-order valence-electron chi connectivity index (χ3n) is 10.4. The Kier molecular flexibility index (Phi) is 6.79. The van der Waals surface area contributed by atoms with Gasteiger partial charge in [-0.25, -0.2) is 4.98 Å². The van der Waals surface area contributed by atoms with E-state index in [1.807, 2.05) is 54.6 Å². The van der Waals surface area contributed by atoms with Crippen LogP contribution in [-0.4, -0.2) is 9.55 Å². The van der Waals surface area contributed by atoms with Crippen molar-refractivity contribution >= 4 is 71.9 Å². The van der Waals surface area contributed by atoms with Crippen LogP contribution >= 0.6 is 0 Å². The highest BCUT2D eigenvalue weighted by atomic mass is 16.4. The van der Waals surface area contributed by atoms with Gasteiger partial charge in [-0.15, -0.1) is 0 Å². The SMILES string of the molecule is c1ccc(-c2ccc(N(c3ccc4c(c3)c3ccccc3n4-c3ccccc3)c3cc4oc(-c5ccccc5)nc4c4c3oc3ccccc34)cc2)cc1. The Morgan fingerprint density at radius 2 is 1.06 bits per heavy atom. The first-order valence-electron chi connectivity index (χ1n) is 18.1. The third kappa shape index (κ3) is 4.76. The molecule has 5 nitrogen and oxygen atoms in total. The molecule has 0 aliphatic rings. The standard InChI is InChI=1S/C49H31N3O2/c1-4-14-32(15-5-1)33-24-26-36(27-25-33)51(37-28-29-42-40(30-37)38-20-10-12-22-41(38)52(42)35-18-8-3-9-19-35)43-31-45-47(50-49(54-45)34-16-6-2-7-17-34)46-39-21-11-13-23-44(39)53-48(43)46/h1-31H. The van der Waals surface area contributed by atoms with Gasteiger partial charge in [-0.2, -0.15) is 0 Å². The van der Waals surface area contributed by atoms with Crippen molar-refractivity contribution in [3.05, 3.63) is 188 Å². The number of para-hydroxylation sites is 3. The van der Waals surface area contributed by atoms with E-state index in [1.54, 1.807) is 0 Å². The van der Waals surface area contributed by atoms with Crippen LogP contribution in [0.3, 0.4) is 0 Å². The second-order valence-corrected chi connectivity index (χ2v) is 13.6. The van der Waals surface area contributed by atoms with E-state index in [1.165, 1.54) is 10.9 Å². The summed E-state index contributed by atoms with van der Waals surface area (Å²) in [7, 11) is 0. The summed E-state index contributed by atoms with van der Waals surface area (Å²) in [6.07, 6.45) is 0. The van der Waals surface area contributed by atoms with Gasteiger partial charge >= 0.3 is 0 Å². The molecule has 0 fully saturated rings. The summed E-state index contributed by atoms with van der Waals surface area (Å²) in [5.41, 5.74) is 12.5. The first kappa shape index (κ1) is 30.3. The summed E-state index contributed by atoms with van der Waals surface area (Å²) in [6, 6.07) is 65.5. The van der Waals surface area contributed by atoms with Crippen molar-refractivity contribution in [1.29, 1.82) is 0 Å². The molecule has 54 heavy (non-hydrogen) atoms. The van der Waals surface area contributed by atoms with Gasteiger partial charge in [0, 0.05) is 44.9 Å². The first-order valence-corrected chi connectivity index (χ1v) is 18.1. The molecule has 0 aliphatic heterocycles. The second kappa shape index (κ2) is 12.1. The van der Waals surface area contributed by atoms with E-state index in [2.05, 4.69) is 143 Å². The fourth-order valence-electron chi connectivity index (χ4n) is 7.95. The molecule has 0 amide bonds. The highest BCUT2D eigenvalue weighted by Gasteiger charge is 2.26. The van der Waals surface area contributed by atoms with Crippen LogP contribution in [0.4, 0.5) is 17.1 Å². The van der Waals surface area contributed by atoms with Crippen LogP contribution in [0.1, 0.15) is 0 Å². The molecule has 254 valence electrons. The van der Waals surface area contributed by atoms with Gasteiger partial charge in [-0.1, -0.05) is 115 Å². The minimum Gasteiger partial charge on any atom is -0.454 e. The largest absolute Gasteiger partial charge is 0.454 e. The van der Waals surface area contributed by atoms with Gasteiger partial charge in [0.15, 0.2) is 11.2 Å². The summed E-state index contributed by atoms with van der Waals surface area (Å²) < 4.78 is 15.8. The first-order chi connectivity index (χ1) is 26.8. The third-order valence-corrected chi connectivity index (χ3v) is 10.4. The Morgan fingerprint density at radius 1 is 0.444 bits per heavy atom. The van der Waals surface area contributed by atoms with Gasteiger partial charge in [0.05, 0.1) is 22.1 Å². The molecule has 3 heterocycles. The Balaban J connectivity index is 1.20. The number of rotatable bonds is 6. The summed E-state index contributed by atoms with van der Waals surface area (Å²) in [5.74, 6) is 0.572. The number of nitrogens with zero attached hydrogens (tertiary/aromatic N) is 3. The number of hydrogen-bond donors (Lipinski definition) is 0. The van der Waals surface area contributed by atoms with Crippen LogP contribution in [0.25, 0.3) is 83.1 Å². The Morgan fingerprint density at radius 3 is 1.83 bits per heavy atom. The van der Waals surface area contributed by atoms with Crippen LogP contribution in [0.5, 0.6) is 0 Å². The normalized spacial score (nSPS) is 11.7. The molecule has 0 saturated heterocycles. The summed E-state index contributed by atoms with van der Waals surface area (Å²) in [5, 5.41) is 4.26. The highest BCUT2D eigenvalue weighted by molar-refractivity contribution is 6.21. The number of hydrogen-bond acceptors (Lipinski definition) is 4.